The van der Waals surface area contributed by atoms with Gasteiger partial charge in [0.25, 0.3) is 0 Å². The molecule has 1 rings (SSSR count). The predicted octanol–water partition coefficient (Wildman–Crippen LogP) is 3.41. The molecule has 2 heteroatoms. The van der Waals surface area contributed by atoms with Crippen LogP contribution in [0, 0.1) is 0 Å². The lowest BCUT2D eigenvalue weighted by Crippen LogP contribution is -2.51. The fourth-order valence-corrected chi connectivity index (χ4v) is 2.63. The highest BCUT2D eigenvalue weighted by Crippen LogP contribution is 2.34. The fourth-order valence-electron chi connectivity index (χ4n) is 2.63. The average molecular weight is 210 g/mol. The summed E-state index contributed by atoms with van der Waals surface area (Å²) < 4.78 is 0. The Labute approximate surface area is 94.9 Å². The van der Waals surface area contributed by atoms with Gasteiger partial charge in [-0.1, -0.05) is 0 Å². The molecule has 0 aromatic carbocycles. The molecule has 0 radical (unpaired) electrons. The van der Waals surface area contributed by atoms with Crippen molar-refractivity contribution >= 4 is 0 Å². The third kappa shape index (κ3) is 2.30. The molecule has 0 spiro atoms. The molecule has 1 unspecified atom stereocenters. The standard InChI is InChI=1S/C13H26N2/c1-10-9-14(12(3,4)5)11(2)15(10)13(6,7)8/h9,11H,1-8H3. The molecule has 1 heterocycles. The molecule has 1 atom stereocenters. The van der Waals surface area contributed by atoms with E-state index in [1.165, 1.54) is 5.70 Å². The third-order valence-electron chi connectivity index (χ3n) is 2.98. The highest BCUT2D eigenvalue weighted by atomic mass is 15.4. The summed E-state index contributed by atoms with van der Waals surface area (Å²) in [4.78, 5) is 4.92. The van der Waals surface area contributed by atoms with Crippen LogP contribution in [0.25, 0.3) is 0 Å². The largest absolute Gasteiger partial charge is 0.351 e. The normalized spacial score (nSPS) is 23.5. The van der Waals surface area contributed by atoms with Gasteiger partial charge in [0.05, 0.1) is 6.17 Å². The lowest BCUT2D eigenvalue weighted by atomic mass is 10.0. The first-order valence-corrected chi connectivity index (χ1v) is 5.81. The van der Waals surface area contributed by atoms with E-state index in [0.717, 1.165) is 0 Å². The van der Waals surface area contributed by atoms with Crippen molar-refractivity contribution < 1.29 is 0 Å². The molecule has 15 heavy (non-hydrogen) atoms. The van der Waals surface area contributed by atoms with Crippen LogP contribution >= 0.6 is 0 Å². The minimum absolute atomic E-state index is 0.194. The van der Waals surface area contributed by atoms with Gasteiger partial charge in [-0.3, -0.25) is 0 Å². The van der Waals surface area contributed by atoms with E-state index >= 15 is 0 Å². The van der Waals surface area contributed by atoms with Crippen molar-refractivity contribution in [2.24, 2.45) is 0 Å². The van der Waals surface area contributed by atoms with Crippen LogP contribution in [0.15, 0.2) is 11.9 Å². The molecule has 0 fully saturated rings. The Balaban J connectivity index is 2.98. The SMILES string of the molecule is CC1=CN(C(C)(C)C)C(C)N1C(C)(C)C. The fraction of sp³-hybridized carbons (Fsp3) is 0.846. The van der Waals surface area contributed by atoms with E-state index in [2.05, 4.69) is 71.4 Å². The molecule has 0 amide bonds. The lowest BCUT2D eigenvalue weighted by molar-refractivity contribution is 0.0380. The van der Waals surface area contributed by atoms with E-state index in [1.807, 2.05) is 0 Å². The summed E-state index contributed by atoms with van der Waals surface area (Å²) in [7, 11) is 0. The van der Waals surface area contributed by atoms with E-state index in [9.17, 15) is 0 Å². The molecule has 0 saturated carbocycles. The van der Waals surface area contributed by atoms with Crippen molar-refractivity contribution in [3.8, 4) is 0 Å². The first-order chi connectivity index (χ1) is 6.55. The second-order valence-corrected chi connectivity index (χ2v) is 6.52. The summed E-state index contributed by atoms with van der Waals surface area (Å²) in [5, 5.41) is 0. The average Bonchev–Trinajstić information content (AvgIpc) is 2.22. The Kier molecular flexibility index (Phi) is 2.84. The zero-order chi connectivity index (χ0) is 12.0. The van der Waals surface area contributed by atoms with E-state index in [-0.39, 0.29) is 11.1 Å². The summed E-state index contributed by atoms with van der Waals surface area (Å²) in [6.45, 7) is 18.1. The number of nitrogens with zero attached hydrogens (tertiary/aromatic N) is 2. The zero-order valence-electron chi connectivity index (χ0n) is 11.5. The van der Waals surface area contributed by atoms with Crippen LogP contribution in [0.5, 0.6) is 0 Å². The highest BCUT2D eigenvalue weighted by Gasteiger charge is 2.37. The summed E-state index contributed by atoms with van der Waals surface area (Å²) in [5.41, 5.74) is 1.76. The van der Waals surface area contributed by atoms with Crippen molar-refractivity contribution in [3.63, 3.8) is 0 Å². The van der Waals surface area contributed by atoms with Crippen LogP contribution in [0.4, 0.5) is 0 Å². The third-order valence-corrected chi connectivity index (χ3v) is 2.98. The van der Waals surface area contributed by atoms with Gasteiger partial charge in [-0.15, -0.1) is 0 Å². The number of hydrogen-bond acceptors (Lipinski definition) is 2. The molecule has 0 aromatic heterocycles. The molecule has 0 N–H and O–H groups in total. The van der Waals surface area contributed by atoms with E-state index in [4.69, 9.17) is 0 Å². The first-order valence-electron chi connectivity index (χ1n) is 5.81. The van der Waals surface area contributed by atoms with Gasteiger partial charge in [0.2, 0.25) is 0 Å². The van der Waals surface area contributed by atoms with Gasteiger partial charge in [-0.05, 0) is 55.4 Å². The summed E-state index contributed by atoms with van der Waals surface area (Å²) in [6, 6.07) is 0. The molecule has 1 aliphatic rings. The Morgan fingerprint density at radius 3 is 1.67 bits per heavy atom. The topological polar surface area (TPSA) is 6.48 Å². The molecule has 0 saturated heterocycles. The minimum atomic E-state index is 0.194. The Morgan fingerprint density at radius 1 is 1.00 bits per heavy atom. The van der Waals surface area contributed by atoms with Crippen LogP contribution in [0.3, 0.4) is 0 Å². The van der Waals surface area contributed by atoms with Crippen molar-refractivity contribution in [2.45, 2.75) is 72.6 Å². The molecule has 0 aliphatic carbocycles. The molecular formula is C13H26N2. The van der Waals surface area contributed by atoms with E-state index in [0.29, 0.717) is 6.17 Å². The van der Waals surface area contributed by atoms with Crippen LogP contribution < -0.4 is 0 Å². The molecule has 1 aliphatic heterocycles. The maximum Gasteiger partial charge on any atom is 0.0989 e. The summed E-state index contributed by atoms with van der Waals surface area (Å²) in [6.07, 6.45) is 2.74. The molecule has 0 bridgehead atoms. The lowest BCUT2D eigenvalue weighted by Gasteiger charge is -2.44. The van der Waals surface area contributed by atoms with E-state index in [1.54, 1.807) is 0 Å². The van der Waals surface area contributed by atoms with Crippen LogP contribution in [-0.4, -0.2) is 27.0 Å². The predicted molar refractivity (Wildman–Crippen MR) is 66.4 cm³/mol. The molecule has 88 valence electrons. The Bertz CT molecular complexity index is 265. The van der Waals surface area contributed by atoms with Gasteiger partial charge in [0, 0.05) is 23.0 Å². The zero-order valence-corrected chi connectivity index (χ0v) is 11.5. The van der Waals surface area contributed by atoms with Gasteiger partial charge in [0.15, 0.2) is 0 Å². The van der Waals surface area contributed by atoms with Crippen molar-refractivity contribution in [1.82, 2.24) is 9.80 Å². The van der Waals surface area contributed by atoms with Crippen LogP contribution in [0.2, 0.25) is 0 Å². The Hall–Kier alpha value is -0.660. The second kappa shape index (κ2) is 3.43. The Morgan fingerprint density at radius 2 is 1.47 bits per heavy atom. The molecule has 2 nitrogen and oxygen atoms in total. The number of rotatable bonds is 0. The molecule has 0 aromatic rings. The monoisotopic (exact) mass is 210 g/mol. The smallest absolute Gasteiger partial charge is 0.0989 e. The highest BCUT2D eigenvalue weighted by molar-refractivity contribution is 5.12. The maximum absolute atomic E-state index is 2.48. The maximum atomic E-state index is 2.48. The number of allylic oxidation sites excluding steroid dienone is 1. The second-order valence-electron chi connectivity index (χ2n) is 6.52. The summed E-state index contributed by atoms with van der Waals surface area (Å²) >= 11 is 0. The first kappa shape index (κ1) is 12.4. The van der Waals surface area contributed by atoms with Gasteiger partial charge in [-0.25, -0.2) is 0 Å². The van der Waals surface area contributed by atoms with Gasteiger partial charge in [0.1, 0.15) is 0 Å². The number of hydrogen-bond donors (Lipinski definition) is 0. The van der Waals surface area contributed by atoms with Crippen molar-refractivity contribution in [1.29, 1.82) is 0 Å². The van der Waals surface area contributed by atoms with Gasteiger partial charge < -0.3 is 9.80 Å². The molecular weight excluding hydrogens is 184 g/mol. The van der Waals surface area contributed by atoms with Crippen molar-refractivity contribution in [3.05, 3.63) is 11.9 Å². The van der Waals surface area contributed by atoms with Gasteiger partial charge >= 0.3 is 0 Å². The van der Waals surface area contributed by atoms with Crippen molar-refractivity contribution in [2.75, 3.05) is 0 Å². The quantitative estimate of drug-likeness (QED) is 0.604. The summed E-state index contributed by atoms with van der Waals surface area (Å²) in [5.74, 6) is 0. The van der Waals surface area contributed by atoms with Gasteiger partial charge in [-0.2, -0.15) is 0 Å². The van der Waals surface area contributed by atoms with E-state index < -0.39 is 0 Å². The minimum Gasteiger partial charge on any atom is -0.351 e. The van der Waals surface area contributed by atoms with Crippen LogP contribution in [0.1, 0.15) is 55.4 Å². The van der Waals surface area contributed by atoms with Crippen LogP contribution in [-0.2, 0) is 0 Å².